The van der Waals surface area contributed by atoms with Crippen molar-refractivity contribution in [1.82, 2.24) is 10.9 Å². The zero-order chi connectivity index (χ0) is 24.0. The number of nitrogens with one attached hydrogen (secondary N) is 2. The average molecular weight is 516 g/mol. The van der Waals surface area contributed by atoms with Gasteiger partial charge in [-0.15, -0.1) is 0 Å². The summed E-state index contributed by atoms with van der Waals surface area (Å²) in [4.78, 5) is 50.8. The number of anilines is 1. The van der Waals surface area contributed by atoms with Crippen molar-refractivity contribution in [2.24, 2.45) is 5.92 Å². The number of benzene rings is 2. The minimum atomic E-state index is -0.681. The van der Waals surface area contributed by atoms with E-state index in [1.807, 2.05) is 32.0 Å². The second-order valence-corrected chi connectivity index (χ2v) is 8.57. The highest BCUT2D eigenvalue weighted by molar-refractivity contribution is 9.10. The molecule has 174 valence electrons. The van der Waals surface area contributed by atoms with Gasteiger partial charge in [-0.1, -0.05) is 48.0 Å². The molecule has 0 bridgehead atoms. The first kappa shape index (κ1) is 24.4. The third kappa shape index (κ3) is 5.98. The first-order valence-electron chi connectivity index (χ1n) is 10.8. The standard InChI is InChI=1S/C24H26BrN3O5/c1-3-15-6-5-7-16(4-2)22(15)28-13-18(12-21(28)30)24(32)33-14-20(29)26-27-23(31)17-8-10-19(25)11-9-17/h5-11,18H,3-4,12-14H2,1-2H3,(H,26,29)(H,27,31)/t18-/m0/s1. The van der Waals surface area contributed by atoms with E-state index in [0.717, 1.165) is 34.1 Å². The smallest absolute Gasteiger partial charge is 0.311 e. The molecule has 0 saturated carbocycles. The number of rotatable bonds is 7. The molecule has 8 nitrogen and oxygen atoms in total. The topological polar surface area (TPSA) is 105 Å². The first-order chi connectivity index (χ1) is 15.8. The summed E-state index contributed by atoms with van der Waals surface area (Å²) in [7, 11) is 0. The summed E-state index contributed by atoms with van der Waals surface area (Å²) in [6, 6.07) is 12.5. The summed E-state index contributed by atoms with van der Waals surface area (Å²) in [6.45, 7) is 3.71. The number of nitrogens with zero attached hydrogens (tertiary/aromatic N) is 1. The molecule has 0 spiro atoms. The quantitative estimate of drug-likeness (QED) is 0.435. The minimum Gasteiger partial charge on any atom is -0.455 e. The Morgan fingerprint density at radius 3 is 2.27 bits per heavy atom. The van der Waals surface area contributed by atoms with Crippen LogP contribution in [0.3, 0.4) is 0 Å². The van der Waals surface area contributed by atoms with E-state index < -0.39 is 30.3 Å². The third-order valence-corrected chi connectivity index (χ3v) is 5.99. The third-order valence-electron chi connectivity index (χ3n) is 5.46. The number of hydrogen-bond acceptors (Lipinski definition) is 5. The molecule has 1 fully saturated rings. The predicted molar refractivity (Wildman–Crippen MR) is 126 cm³/mol. The molecule has 2 N–H and O–H groups in total. The normalized spacial score (nSPS) is 15.3. The number of para-hydroxylation sites is 1. The SMILES string of the molecule is CCc1cccc(CC)c1N1C[C@@H](C(=O)OCC(=O)NNC(=O)c2ccc(Br)cc2)CC1=O. The molecule has 0 radical (unpaired) electrons. The van der Waals surface area contributed by atoms with Crippen LogP contribution in [0.25, 0.3) is 0 Å². The largest absolute Gasteiger partial charge is 0.455 e. The maximum atomic E-state index is 12.7. The van der Waals surface area contributed by atoms with Gasteiger partial charge in [-0.2, -0.15) is 0 Å². The number of ether oxygens (including phenoxy) is 1. The van der Waals surface area contributed by atoms with Crippen LogP contribution in [0.2, 0.25) is 0 Å². The van der Waals surface area contributed by atoms with Gasteiger partial charge in [0.1, 0.15) is 0 Å². The summed E-state index contributed by atoms with van der Waals surface area (Å²) >= 11 is 3.28. The van der Waals surface area contributed by atoms with Gasteiger partial charge in [-0.3, -0.25) is 30.0 Å². The van der Waals surface area contributed by atoms with Crippen LogP contribution in [-0.4, -0.2) is 36.8 Å². The number of amides is 3. The fourth-order valence-electron chi connectivity index (χ4n) is 3.73. The monoisotopic (exact) mass is 515 g/mol. The molecule has 33 heavy (non-hydrogen) atoms. The van der Waals surface area contributed by atoms with E-state index in [4.69, 9.17) is 4.74 Å². The van der Waals surface area contributed by atoms with Crippen LogP contribution in [0.5, 0.6) is 0 Å². The molecule has 2 aromatic carbocycles. The number of hydrazine groups is 1. The van der Waals surface area contributed by atoms with Gasteiger partial charge >= 0.3 is 5.97 Å². The van der Waals surface area contributed by atoms with Crippen molar-refractivity contribution >= 4 is 45.3 Å². The Hall–Kier alpha value is -3.20. The fourth-order valence-corrected chi connectivity index (χ4v) is 4.00. The summed E-state index contributed by atoms with van der Waals surface area (Å²) in [5, 5.41) is 0. The Morgan fingerprint density at radius 2 is 1.67 bits per heavy atom. The van der Waals surface area contributed by atoms with Gasteiger partial charge < -0.3 is 9.64 Å². The Bertz CT molecular complexity index is 1030. The lowest BCUT2D eigenvalue weighted by Gasteiger charge is -2.23. The maximum Gasteiger partial charge on any atom is 0.311 e. The number of carbonyl (C=O) groups is 4. The Morgan fingerprint density at radius 1 is 1.03 bits per heavy atom. The number of halogens is 1. The zero-order valence-electron chi connectivity index (χ0n) is 18.5. The molecular weight excluding hydrogens is 490 g/mol. The minimum absolute atomic E-state index is 0.0297. The highest BCUT2D eigenvalue weighted by Crippen LogP contribution is 2.32. The summed E-state index contributed by atoms with van der Waals surface area (Å²) in [5.74, 6) is -2.59. The molecule has 1 atom stereocenters. The fraction of sp³-hybridized carbons (Fsp3) is 0.333. The van der Waals surface area contributed by atoms with E-state index in [1.165, 1.54) is 0 Å². The van der Waals surface area contributed by atoms with Gasteiger partial charge in [-0.05, 0) is 48.2 Å². The zero-order valence-corrected chi connectivity index (χ0v) is 20.1. The Balaban J connectivity index is 1.52. The van der Waals surface area contributed by atoms with Crippen molar-refractivity contribution in [3.05, 3.63) is 63.6 Å². The van der Waals surface area contributed by atoms with Crippen LogP contribution < -0.4 is 15.8 Å². The summed E-state index contributed by atoms with van der Waals surface area (Å²) in [5.41, 5.74) is 7.81. The lowest BCUT2D eigenvalue weighted by atomic mass is 10.0. The van der Waals surface area contributed by atoms with Crippen molar-refractivity contribution in [2.75, 3.05) is 18.1 Å². The van der Waals surface area contributed by atoms with Gasteiger partial charge in [0.2, 0.25) is 5.91 Å². The average Bonchev–Trinajstić information content (AvgIpc) is 3.21. The van der Waals surface area contributed by atoms with Crippen molar-refractivity contribution in [2.45, 2.75) is 33.1 Å². The van der Waals surface area contributed by atoms with E-state index in [1.54, 1.807) is 29.2 Å². The van der Waals surface area contributed by atoms with Crippen molar-refractivity contribution in [3.8, 4) is 0 Å². The molecule has 3 rings (SSSR count). The van der Waals surface area contributed by atoms with E-state index in [0.29, 0.717) is 5.56 Å². The van der Waals surface area contributed by atoms with Crippen LogP contribution in [-0.2, 0) is 32.0 Å². The molecule has 1 aliphatic heterocycles. The molecule has 0 aromatic heterocycles. The molecule has 0 unspecified atom stereocenters. The van der Waals surface area contributed by atoms with Gasteiger partial charge in [0.05, 0.1) is 5.92 Å². The van der Waals surface area contributed by atoms with E-state index in [9.17, 15) is 19.2 Å². The van der Waals surface area contributed by atoms with Gasteiger partial charge in [0.15, 0.2) is 6.61 Å². The van der Waals surface area contributed by atoms with Crippen LogP contribution in [0, 0.1) is 5.92 Å². The van der Waals surface area contributed by atoms with Crippen LogP contribution >= 0.6 is 15.9 Å². The highest BCUT2D eigenvalue weighted by atomic mass is 79.9. The van der Waals surface area contributed by atoms with Gasteiger partial charge in [0.25, 0.3) is 11.8 Å². The van der Waals surface area contributed by atoms with E-state index in [-0.39, 0.29) is 18.9 Å². The summed E-state index contributed by atoms with van der Waals surface area (Å²) < 4.78 is 5.92. The van der Waals surface area contributed by atoms with Crippen molar-refractivity contribution < 1.29 is 23.9 Å². The van der Waals surface area contributed by atoms with Gasteiger partial charge in [-0.25, -0.2) is 0 Å². The summed E-state index contributed by atoms with van der Waals surface area (Å²) in [6.07, 6.45) is 1.57. The maximum absolute atomic E-state index is 12.7. The van der Waals surface area contributed by atoms with E-state index in [2.05, 4.69) is 26.8 Å². The molecule has 1 saturated heterocycles. The molecular formula is C24H26BrN3O5. The number of hydrogen-bond donors (Lipinski definition) is 2. The second-order valence-electron chi connectivity index (χ2n) is 7.65. The van der Waals surface area contributed by atoms with Crippen LogP contribution in [0.1, 0.15) is 41.8 Å². The molecule has 9 heteroatoms. The number of esters is 1. The lowest BCUT2D eigenvalue weighted by molar-refractivity contribution is -0.152. The molecule has 1 heterocycles. The Kier molecular flexibility index (Phi) is 8.21. The van der Waals surface area contributed by atoms with Crippen LogP contribution in [0.15, 0.2) is 46.9 Å². The molecule has 1 aliphatic rings. The number of aryl methyl sites for hydroxylation is 2. The lowest BCUT2D eigenvalue weighted by Crippen LogP contribution is -2.43. The molecule has 2 aromatic rings. The molecule has 0 aliphatic carbocycles. The number of carbonyl (C=O) groups excluding carboxylic acids is 4. The first-order valence-corrected chi connectivity index (χ1v) is 11.6. The van der Waals surface area contributed by atoms with Crippen LogP contribution in [0.4, 0.5) is 5.69 Å². The van der Waals surface area contributed by atoms with E-state index >= 15 is 0 Å². The Labute approximate surface area is 200 Å². The van der Waals surface area contributed by atoms with Crippen molar-refractivity contribution in [1.29, 1.82) is 0 Å². The van der Waals surface area contributed by atoms with Gasteiger partial charge in [0, 0.05) is 28.7 Å². The predicted octanol–water partition coefficient (Wildman–Crippen LogP) is 2.93. The molecule has 3 amide bonds. The second kappa shape index (κ2) is 11.1. The highest BCUT2D eigenvalue weighted by Gasteiger charge is 2.37. The van der Waals surface area contributed by atoms with Crippen molar-refractivity contribution in [3.63, 3.8) is 0 Å².